The Morgan fingerprint density at radius 2 is 2.37 bits per heavy atom. The van der Waals surface area contributed by atoms with E-state index >= 15 is 0 Å². The fourth-order valence-corrected chi connectivity index (χ4v) is 2.87. The Labute approximate surface area is 118 Å². The van der Waals surface area contributed by atoms with Crippen LogP contribution in [0.3, 0.4) is 0 Å². The number of aliphatic hydroxyl groups excluding tert-OH is 1. The molecule has 0 spiro atoms. The maximum Gasteiger partial charge on any atom is 0.131 e. The molecule has 2 heterocycles. The van der Waals surface area contributed by atoms with Gasteiger partial charge in [0.15, 0.2) is 0 Å². The van der Waals surface area contributed by atoms with E-state index in [0.717, 1.165) is 18.8 Å². The summed E-state index contributed by atoms with van der Waals surface area (Å²) in [7, 11) is 2.02. The highest BCUT2D eigenvalue weighted by atomic mass is 32.1. The Balaban J connectivity index is 2.10. The standard InChI is InChI=1S/C14H21N3OS/c1-11(5-8-18)10-16-13(12-4-3-9-19-12)14-15-6-7-17(14)2/h3-4,6-7,9,11,13,16,18H,5,8,10H2,1-2H3. The topological polar surface area (TPSA) is 50.1 Å². The van der Waals surface area contributed by atoms with Gasteiger partial charge in [0.05, 0.1) is 0 Å². The number of aromatic nitrogens is 2. The van der Waals surface area contributed by atoms with Crippen LogP contribution in [0, 0.1) is 5.92 Å². The van der Waals surface area contributed by atoms with Gasteiger partial charge in [-0.15, -0.1) is 11.3 Å². The van der Waals surface area contributed by atoms with Crippen molar-refractivity contribution in [1.82, 2.24) is 14.9 Å². The van der Waals surface area contributed by atoms with Crippen LogP contribution in [0.5, 0.6) is 0 Å². The molecule has 0 saturated heterocycles. The van der Waals surface area contributed by atoms with E-state index in [1.54, 1.807) is 11.3 Å². The van der Waals surface area contributed by atoms with Crippen LogP contribution in [-0.2, 0) is 7.05 Å². The van der Waals surface area contributed by atoms with Crippen LogP contribution in [0.4, 0.5) is 0 Å². The predicted octanol–water partition coefficient (Wildman–Crippen LogP) is 2.18. The second kappa shape index (κ2) is 6.84. The number of nitrogens with zero attached hydrogens (tertiary/aromatic N) is 2. The van der Waals surface area contributed by atoms with Crippen molar-refractivity contribution in [2.24, 2.45) is 13.0 Å². The summed E-state index contributed by atoms with van der Waals surface area (Å²) in [5.74, 6) is 1.48. The maximum atomic E-state index is 8.97. The van der Waals surface area contributed by atoms with E-state index < -0.39 is 0 Å². The number of imidazole rings is 1. The highest BCUT2D eigenvalue weighted by Crippen LogP contribution is 2.24. The second-order valence-electron chi connectivity index (χ2n) is 4.87. The molecule has 2 N–H and O–H groups in total. The molecule has 0 fully saturated rings. The first-order valence-corrected chi connectivity index (χ1v) is 7.45. The lowest BCUT2D eigenvalue weighted by molar-refractivity contribution is 0.258. The molecule has 4 nitrogen and oxygen atoms in total. The maximum absolute atomic E-state index is 8.97. The molecule has 0 aliphatic heterocycles. The van der Waals surface area contributed by atoms with Crippen LogP contribution >= 0.6 is 11.3 Å². The van der Waals surface area contributed by atoms with Gasteiger partial charge >= 0.3 is 0 Å². The van der Waals surface area contributed by atoms with Gasteiger partial charge in [-0.3, -0.25) is 0 Å². The summed E-state index contributed by atoms with van der Waals surface area (Å²) in [6, 6.07) is 4.32. The molecule has 2 aromatic rings. The molecule has 0 saturated carbocycles. The molecule has 0 aromatic carbocycles. The summed E-state index contributed by atoms with van der Waals surface area (Å²) < 4.78 is 2.05. The van der Waals surface area contributed by atoms with Crippen LogP contribution in [-0.4, -0.2) is 27.8 Å². The minimum absolute atomic E-state index is 0.126. The molecular weight excluding hydrogens is 258 g/mol. The van der Waals surface area contributed by atoms with Crippen molar-refractivity contribution in [2.75, 3.05) is 13.2 Å². The molecule has 0 aliphatic rings. The van der Waals surface area contributed by atoms with Crippen molar-refractivity contribution in [3.8, 4) is 0 Å². The minimum Gasteiger partial charge on any atom is -0.396 e. The molecule has 19 heavy (non-hydrogen) atoms. The number of rotatable bonds is 7. The van der Waals surface area contributed by atoms with Crippen LogP contribution in [0.15, 0.2) is 29.9 Å². The third kappa shape index (κ3) is 3.65. The summed E-state index contributed by atoms with van der Waals surface area (Å²) in [4.78, 5) is 5.72. The predicted molar refractivity (Wildman–Crippen MR) is 78.2 cm³/mol. The molecule has 0 aliphatic carbocycles. The van der Waals surface area contributed by atoms with Crippen molar-refractivity contribution in [3.05, 3.63) is 40.6 Å². The van der Waals surface area contributed by atoms with Gasteiger partial charge in [-0.05, 0) is 30.3 Å². The lowest BCUT2D eigenvalue weighted by Gasteiger charge is -2.20. The van der Waals surface area contributed by atoms with Gasteiger partial charge < -0.3 is 15.0 Å². The van der Waals surface area contributed by atoms with Crippen molar-refractivity contribution in [2.45, 2.75) is 19.4 Å². The molecule has 2 aromatic heterocycles. The average molecular weight is 279 g/mol. The average Bonchev–Trinajstić information content (AvgIpc) is 3.03. The number of nitrogens with one attached hydrogen (secondary N) is 1. The van der Waals surface area contributed by atoms with E-state index in [1.165, 1.54) is 4.88 Å². The number of thiophene rings is 1. The summed E-state index contributed by atoms with van der Waals surface area (Å²) in [6.07, 6.45) is 4.62. The zero-order valence-corrected chi connectivity index (χ0v) is 12.2. The van der Waals surface area contributed by atoms with Crippen LogP contribution in [0.1, 0.15) is 30.1 Å². The van der Waals surface area contributed by atoms with E-state index in [-0.39, 0.29) is 12.6 Å². The van der Waals surface area contributed by atoms with E-state index in [4.69, 9.17) is 5.11 Å². The molecule has 0 bridgehead atoms. The van der Waals surface area contributed by atoms with E-state index in [2.05, 4.69) is 34.7 Å². The Bertz CT molecular complexity index is 481. The number of hydrogen-bond acceptors (Lipinski definition) is 4. The quantitative estimate of drug-likeness (QED) is 0.817. The largest absolute Gasteiger partial charge is 0.396 e. The molecule has 2 atom stereocenters. The molecule has 104 valence electrons. The molecule has 0 amide bonds. The fraction of sp³-hybridized carbons (Fsp3) is 0.500. The van der Waals surface area contributed by atoms with Crippen LogP contribution in [0.25, 0.3) is 0 Å². The second-order valence-corrected chi connectivity index (χ2v) is 5.85. The van der Waals surface area contributed by atoms with Gasteiger partial charge in [-0.2, -0.15) is 0 Å². The third-order valence-electron chi connectivity index (χ3n) is 3.24. The zero-order valence-electron chi connectivity index (χ0n) is 11.4. The first-order valence-electron chi connectivity index (χ1n) is 6.57. The first kappa shape index (κ1) is 14.2. The van der Waals surface area contributed by atoms with Crippen molar-refractivity contribution >= 4 is 11.3 Å². The van der Waals surface area contributed by atoms with Crippen LogP contribution < -0.4 is 5.32 Å². The summed E-state index contributed by atoms with van der Waals surface area (Å²) in [5.41, 5.74) is 0. The Morgan fingerprint density at radius 3 is 2.95 bits per heavy atom. The number of aryl methyl sites for hydroxylation is 1. The number of aliphatic hydroxyl groups is 1. The highest BCUT2D eigenvalue weighted by molar-refractivity contribution is 7.10. The molecule has 0 radical (unpaired) electrons. The normalized spacial score (nSPS) is 14.5. The fourth-order valence-electron chi connectivity index (χ4n) is 2.07. The number of hydrogen-bond donors (Lipinski definition) is 2. The summed E-state index contributed by atoms with van der Waals surface area (Å²) >= 11 is 1.74. The first-order chi connectivity index (χ1) is 9.22. The van der Waals surface area contributed by atoms with Gasteiger partial charge in [0.2, 0.25) is 0 Å². The molecule has 5 heteroatoms. The van der Waals surface area contributed by atoms with E-state index in [0.29, 0.717) is 5.92 Å². The highest BCUT2D eigenvalue weighted by Gasteiger charge is 2.19. The van der Waals surface area contributed by atoms with Gasteiger partial charge in [0.25, 0.3) is 0 Å². The van der Waals surface area contributed by atoms with E-state index in [1.807, 2.05) is 24.0 Å². The Morgan fingerprint density at radius 1 is 1.53 bits per heavy atom. The monoisotopic (exact) mass is 279 g/mol. The smallest absolute Gasteiger partial charge is 0.131 e. The molecule has 2 unspecified atom stereocenters. The van der Waals surface area contributed by atoms with Gasteiger partial charge in [0, 0.05) is 30.9 Å². The van der Waals surface area contributed by atoms with Crippen molar-refractivity contribution in [3.63, 3.8) is 0 Å². The summed E-state index contributed by atoms with van der Waals surface area (Å²) in [6.45, 7) is 3.26. The molecular formula is C14H21N3OS. The Hall–Kier alpha value is -1.17. The third-order valence-corrected chi connectivity index (χ3v) is 4.17. The lowest BCUT2D eigenvalue weighted by atomic mass is 10.1. The zero-order chi connectivity index (χ0) is 13.7. The van der Waals surface area contributed by atoms with Crippen molar-refractivity contribution in [1.29, 1.82) is 0 Å². The van der Waals surface area contributed by atoms with Crippen molar-refractivity contribution < 1.29 is 5.11 Å². The van der Waals surface area contributed by atoms with Gasteiger partial charge in [-0.25, -0.2) is 4.98 Å². The van der Waals surface area contributed by atoms with Gasteiger partial charge in [0.1, 0.15) is 11.9 Å². The van der Waals surface area contributed by atoms with Gasteiger partial charge in [-0.1, -0.05) is 13.0 Å². The minimum atomic E-state index is 0.126. The Kier molecular flexibility index (Phi) is 5.13. The summed E-state index contributed by atoms with van der Waals surface area (Å²) in [5, 5.41) is 14.6. The molecule has 2 rings (SSSR count). The SMILES string of the molecule is CC(CCO)CNC(c1cccs1)c1nccn1C. The van der Waals surface area contributed by atoms with E-state index in [9.17, 15) is 0 Å². The van der Waals surface area contributed by atoms with Crippen LogP contribution in [0.2, 0.25) is 0 Å². The lowest BCUT2D eigenvalue weighted by Crippen LogP contribution is -2.29.